The largest absolute Gasteiger partial charge is 0.321 e. The van der Waals surface area contributed by atoms with Gasteiger partial charge in [0.15, 0.2) is 5.82 Å². The third-order valence-corrected chi connectivity index (χ3v) is 4.46. The minimum atomic E-state index is -0.153. The normalized spacial score (nSPS) is 11.2. The second-order valence-electron chi connectivity index (χ2n) is 6.04. The van der Waals surface area contributed by atoms with E-state index in [1.165, 1.54) is 0 Å². The number of H-pyrrole nitrogens is 1. The standard InChI is InChI=1S/C21H14N4O/c26-21-18-19(14-8-2-1-3-9-14)24-25(17-12-6-7-13-22-17)20(18)15-10-4-5-11-16(15)23-21/h1-13H,(H,23,26). The first-order chi connectivity index (χ1) is 12.8. The van der Waals surface area contributed by atoms with Crippen molar-refractivity contribution in [1.29, 1.82) is 0 Å². The predicted molar refractivity (Wildman–Crippen MR) is 102 cm³/mol. The van der Waals surface area contributed by atoms with Crippen LogP contribution < -0.4 is 5.56 Å². The molecule has 0 amide bonds. The summed E-state index contributed by atoms with van der Waals surface area (Å²) in [5, 5.41) is 6.28. The molecule has 0 saturated carbocycles. The summed E-state index contributed by atoms with van der Waals surface area (Å²) in [6.45, 7) is 0. The summed E-state index contributed by atoms with van der Waals surface area (Å²) in [5.41, 5.74) is 2.94. The van der Waals surface area contributed by atoms with Gasteiger partial charge in [-0.25, -0.2) is 9.67 Å². The molecule has 0 fully saturated rings. The quantitative estimate of drug-likeness (QED) is 0.530. The SMILES string of the molecule is O=c1[nH]c2ccccc2c2c1c(-c1ccccc1)nn2-c1ccccn1. The Morgan fingerprint density at radius 2 is 1.62 bits per heavy atom. The molecule has 26 heavy (non-hydrogen) atoms. The van der Waals surface area contributed by atoms with Crippen molar-refractivity contribution in [2.24, 2.45) is 0 Å². The molecule has 0 spiro atoms. The van der Waals surface area contributed by atoms with Gasteiger partial charge in [-0.15, -0.1) is 0 Å². The first-order valence-electron chi connectivity index (χ1n) is 8.33. The highest BCUT2D eigenvalue weighted by Crippen LogP contribution is 2.30. The number of aromatic amines is 1. The molecule has 2 aromatic carbocycles. The van der Waals surface area contributed by atoms with Gasteiger partial charge in [0.1, 0.15) is 5.69 Å². The fourth-order valence-electron chi connectivity index (χ4n) is 3.31. The molecule has 0 saturated heterocycles. The smallest absolute Gasteiger partial charge is 0.260 e. The molecule has 1 N–H and O–H groups in total. The lowest BCUT2D eigenvalue weighted by molar-refractivity contribution is 0.881. The zero-order valence-electron chi connectivity index (χ0n) is 13.8. The molecule has 5 heteroatoms. The molecular weight excluding hydrogens is 324 g/mol. The molecule has 0 atom stereocenters. The molecule has 0 aliphatic heterocycles. The number of benzene rings is 2. The van der Waals surface area contributed by atoms with Crippen LogP contribution in [0.3, 0.4) is 0 Å². The van der Waals surface area contributed by atoms with Crippen molar-refractivity contribution in [3.05, 3.63) is 89.3 Å². The summed E-state index contributed by atoms with van der Waals surface area (Å²) in [6.07, 6.45) is 1.72. The number of hydrogen-bond donors (Lipinski definition) is 1. The van der Waals surface area contributed by atoms with Gasteiger partial charge in [-0.2, -0.15) is 5.10 Å². The van der Waals surface area contributed by atoms with Crippen LogP contribution in [0.25, 0.3) is 38.9 Å². The molecule has 0 bridgehead atoms. The maximum absolute atomic E-state index is 12.9. The van der Waals surface area contributed by atoms with Crippen LogP contribution in [0.2, 0.25) is 0 Å². The lowest BCUT2D eigenvalue weighted by Gasteiger charge is -2.04. The molecule has 0 aliphatic carbocycles. The highest BCUT2D eigenvalue weighted by atomic mass is 16.1. The summed E-state index contributed by atoms with van der Waals surface area (Å²) in [4.78, 5) is 20.3. The van der Waals surface area contributed by atoms with Gasteiger partial charge in [0.2, 0.25) is 0 Å². The van der Waals surface area contributed by atoms with Crippen LogP contribution in [0, 0.1) is 0 Å². The first-order valence-corrected chi connectivity index (χ1v) is 8.33. The van der Waals surface area contributed by atoms with E-state index in [4.69, 9.17) is 5.10 Å². The summed E-state index contributed by atoms with van der Waals surface area (Å²) in [7, 11) is 0. The Balaban J connectivity index is 2.00. The molecule has 3 heterocycles. The Morgan fingerprint density at radius 3 is 2.42 bits per heavy atom. The number of hydrogen-bond acceptors (Lipinski definition) is 3. The van der Waals surface area contributed by atoms with Crippen molar-refractivity contribution >= 4 is 21.8 Å². The predicted octanol–water partition coefficient (Wildman–Crippen LogP) is 3.93. The number of para-hydroxylation sites is 1. The number of fused-ring (bicyclic) bond motifs is 3. The fourth-order valence-corrected chi connectivity index (χ4v) is 3.31. The Labute approximate surface area is 148 Å². The van der Waals surface area contributed by atoms with Crippen LogP contribution >= 0.6 is 0 Å². The average molecular weight is 338 g/mol. The molecule has 5 nitrogen and oxygen atoms in total. The lowest BCUT2D eigenvalue weighted by atomic mass is 10.1. The fraction of sp³-hybridized carbons (Fsp3) is 0. The maximum atomic E-state index is 12.9. The highest BCUT2D eigenvalue weighted by Gasteiger charge is 2.19. The van der Waals surface area contributed by atoms with Crippen LogP contribution in [-0.4, -0.2) is 19.7 Å². The number of rotatable bonds is 2. The van der Waals surface area contributed by atoms with E-state index >= 15 is 0 Å². The molecule has 5 aromatic rings. The van der Waals surface area contributed by atoms with Crippen molar-refractivity contribution in [3.63, 3.8) is 0 Å². The van der Waals surface area contributed by atoms with Gasteiger partial charge >= 0.3 is 0 Å². The second kappa shape index (κ2) is 5.67. The Hall–Kier alpha value is -3.73. The Bertz CT molecular complexity index is 1290. The van der Waals surface area contributed by atoms with Gasteiger partial charge in [-0.05, 0) is 18.2 Å². The van der Waals surface area contributed by atoms with Crippen LogP contribution in [0.1, 0.15) is 0 Å². The van der Waals surface area contributed by atoms with Crippen LogP contribution in [0.4, 0.5) is 0 Å². The van der Waals surface area contributed by atoms with E-state index in [1.807, 2.05) is 72.8 Å². The molecule has 0 unspecified atom stereocenters. The summed E-state index contributed by atoms with van der Waals surface area (Å²) in [5.74, 6) is 0.676. The molecule has 3 aromatic heterocycles. The van der Waals surface area contributed by atoms with Crippen LogP contribution in [0.5, 0.6) is 0 Å². The van der Waals surface area contributed by atoms with E-state index in [1.54, 1.807) is 10.9 Å². The summed E-state index contributed by atoms with van der Waals surface area (Å²) >= 11 is 0. The van der Waals surface area contributed by atoms with Gasteiger partial charge in [0.05, 0.1) is 16.4 Å². The van der Waals surface area contributed by atoms with Crippen molar-refractivity contribution in [1.82, 2.24) is 19.7 Å². The van der Waals surface area contributed by atoms with Gasteiger partial charge in [-0.1, -0.05) is 54.6 Å². The highest BCUT2D eigenvalue weighted by molar-refractivity contribution is 6.08. The zero-order chi connectivity index (χ0) is 17.5. The van der Waals surface area contributed by atoms with Crippen LogP contribution in [0.15, 0.2) is 83.8 Å². The monoisotopic (exact) mass is 338 g/mol. The number of nitrogens with zero attached hydrogens (tertiary/aromatic N) is 3. The van der Waals surface area contributed by atoms with Crippen molar-refractivity contribution in [3.8, 4) is 17.1 Å². The maximum Gasteiger partial charge on any atom is 0.260 e. The third kappa shape index (κ3) is 2.14. The third-order valence-electron chi connectivity index (χ3n) is 4.46. The van der Waals surface area contributed by atoms with Gasteiger partial charge < -0.3 is 4.98 Å². The second-order valence-corrected chi connectivity index (χ2v) is 6.04. The molecule has 124 valence electrons. The van der Waals surface area contributed by atoms with E-state index in [-0.39, 0.29) is 5.56 Å². The van der Waals surface area contributed by atoms with E-state index in [2.05, 4.69) is 9.97 Å². The Kier molecular flexibility index (Phi) is 3.18. The van der Waals surface area contributed by atoms with Crippen molar-refractivity contribution in [2.75, 3.05) is 0 Å². The Morgan fingerprint density at radius 1 is 0.846 bits per heavy atom. The molecule has 5 rings (SSSR count). The summed E-state index contributed by atoms with van der Waals surface area (Å²) < 4.78 is 1.76. The zero-order valence-corrected chi connectivity index (χ0v) is 13.8. The van der Waals surface area contributed by atoms with Crippen molar-refractivity contribution < 1.29 is 0 Å². The van der Waals surface area contributed by atoms with E-state index in [0.717, 1.165) is 22.0 Å². The molecule has 0 aliphatic rings. The molecule has 0 radical (unpaired) electrons. The number of aromatic nitrogens is 4. The average Bonchev–Trinajstić information content (AvgIpc) is 3.11. The first kappa shape index (κ1) is 14.6. The topological polar surface area (TPSA) is 63.6 Å². The number of nitrogens with one attached hydrogen (secondary N) is 1. The van der Waals surface area contributed by atoms with Crippen LogP contribution in [-0.2, 0) is 0 Å². The minimum absolute atomic E-state index is 0.153. The van der Waals surface area contributed by atoms with Gasteiger partial charge in [0, 0.05) is 17.1 Å². The summed E-state index contributed by atoms with van der Waals surface area (Å²) in [6, 6.07) is 23.1. The van der Waals surface area contributed by atoms with E-state index in [0.29, 0.717) is 16.9 Å². The lowest BCUT2D eigenvalue weighted by Crippen LogP contribution is -2.07. The molecular formula is C21H14N4O. The van der Waals surface area contributed by atoms with Gasteiger partial charge in [0.25, 0.3) is 5.56 Å². The van der Waals surface area contributed by atoms with E-state index < -0.39 is 0 Å². The minimum Gasteiger partial charge on any atom is -0.321 e. The van der Waals surface area contributed by atoms with E-state index in [9.17, 15) is 4.79 Å². The van der Waals surface area contributed by atoms with Gasteiger partial charge in [-0.3, -0.25) is 4.79 Å². The van der Waals surface area contributed by atoms with Crippen molar-refractivity contribution in [2.45, 2.75) is 0 Å². The number of pyridine rings is 2.